The number of hydrogen-bond donors (Lipinski definition) is 0. The van der Waals surface area contributed by atoms with Crippen molar-refractivity contribution in [1.29, 1.82) is 0 Å². The highest BCUT2D eigenvalue weighted by Gasteiger charge is 2.17. The molecule has 18 heavy (non-hydrogen) atoms. The topological polar surface area (TPSA) is 3.24 Å². The van der Waals surface area contributed by atoms with E-state index < -0.39 is 0 Å². The van der Waals surface area contributed by atoms with Crippen LogP contribution in [0.3, 0.4) is 0 Å². The molecule has 0 aliphatic carbocycles. The van der Waals surface area contributed by atoms with Gasteiger partial charge in [0.15, 0.2) is 0 Å². The molecule has 0 unspecified atom stereocenters. The van der Waals surface area contributed by atoms with Crippen LogP contribution in [0.1, 0.15) is 50.7 Å². The molecule has 1 aliphatic heterocycles. The Labute approximate surface area is 111 Å². The number of nitrogens with zero attached hydrogens (tertiary/aromatic N) is 1. The molecule has 0 amide bonds. The predicted octanol–water partition coefficient (Wildman–Crippen LogP) is 4.82. The lowest BCUT2D eigenvalue weighted by Crippen LogP contribution is -2.21. The summed E-state index contributed by atoms with van der Waals surface area (Å²) in [6.45, 7) is 10.1. The Hall–Kier alpha value is -1.50. The molecule has 1 aliphatic rings. The van der Waals surface area contributed by atoms with Crippen molar-refractivity contribution >= 4 is 5.69 Å². The van der Waals surface area contributed by atoms with Crippen molar-refractivity contribution in [2.75, 3.05) is 11.4 Å². The summed E-state index contributed by atoms with van der Waals surface area (Å²) in [5.41, 5.74) is 4.30. The Balaban J connectivity index is 2.53. The maximum absolute atomic E-state index is 2.37. The second-order valence-electron chi connectivity index (χ2n) is 5.52. The van der Waals surface area contributed by atoms with Gasteiger partial charge in [-0.3, -0.25) is 0 Å². The van der Waals surface area contributed by atoms with Crippen molar-refractivity contribution in [2.45, 2.75) is 39.5 Å². The van der Waals surface area contributed by atoms with Gasteiger partial charge in [-0.25, -0.2) is 0 Å². The van der Waals surface area contributed by atoms with Gasteiger partial charge in [0.05, 0.1) is 0 Å². The number of hydrogen-bond acceptors (Lipinski definition) is 1. The minimum absolute atomic E-state index is 0.554. The molecule has 1 heterocycles. The van der Waals surface area contributed by atoms with E-state index in [0.29, 0.717) is 11.8 Å². The minimum atomic E-state index is 0.554. The monoisotopic (exact) mass is 241 g/mol. The molecule has 0 saturated carbocycles. The standard InChI is InChI=1S/C17H23N/c1-13(2)15-9-8-10-16(14(3)4)17(15)18-11-6-5-7-12-18/h5-11,13-14H,12H2,1-4H3. The maximum atomic E-state index is 2.37. The first-order chi connectivity index (χ1) is 8.61. The Bertz CT molecular complexity index is 440. The zero-order chi connectivity index (χ0) is 13.1. The lowest BCUT2D eigenvalue weighted by atomic mass is 9.92. The van der Waals surface area contributed by atoms with E-state index >= 15 is 0 Å². The molecule has 1 aromatic carbocycles. The van der Waals surface area contributed by atoms with Gasteiger partial charge >= 0.3 is 0 Å². The van der Waals surface area contributed by atoms with Crippen molar-refractivity contribution in [1.82, 2.24) is 0 Å². The quantitative estimate of drug-likeness (QED) is 0.733. The van der Waals surface area contributed by atoms with Gasteiger partial charge in [0.1, 0.15) is 0 Å². The van der Waals surface area contributed by atoms with Crippen molar-refractivity contribution in [2.24, 2.45) is 0 Å². The molecule has 0 aromatic heterocycles. The zero-order valence-electron chi connectivity index (χ0n) is 11.9. The summed E-state index contributed by atoms with van der Waals surface area (Å²) in [6, 6.07) is 6.72. The van der Waals surface area contributed by atoms with Crippen LogP contribution in [0.2, 0.25) is 0 Å². The third-order valence-corrected chi connectivity index (χ3v) is 3.44. The Morgan fingerprint density at radius 3 is 2.00 bits per heavy atom. The molecule has 1 nitrogen and oxygen atoms in total. The highest BCUT2D eigenvalue weighted by molar-refractivity contribution is 5.64. The molecular formula is C17H23N. The summed E-state index contributed by atoms with van der Waals surface area (Å²) >= 11 is 0. The van der Waals surface area contributed by atoms with Crippen molar-refractivity contribution < 1.29 is 0 Å². The van der Waals surface area contributed by atoms with E-state index in [-0.39, 0.29) is 0 Å². The Morgan fingerprint density at radius 1 is 0.944 bits per heavy atom. The summed E-state index contributed by atoms with van der Waals surface area (Å²) < 4.78 is 0. The average molecular weight is 241 g/mol. The van der Waals surface area contributed by atoms with Crippen molar-refractivity contribution in [3.63, 3.8) is 0 Å². The van der Waals surface area contributed by atoms with E-state index in [1.165, 1.54) is 16.8 Å². The second-order valence-corrected chi connectivity index (χ2v) is 5.52. The van der Waals surface area contributed by atoms with Crippen LogP contribution < -0.4 is 4.90 Å². The molecule has 0 saturated heterocycles. The first-order valence-electron chi connectivity index (χ1n) is 6.84. The summed E-state index contributed by atoms with van der Waals surface area (Å²) in [6.07, 6.45) is 8.63. The second kappa shape index (κ2) is 5.43. The summed E-state index contributed by atoms with van der Waals surface area (Å²) in [4.78, 5) is 2.37. The van der Waals surface area contributed by atoms with Crippen LogP contribution in [0.5, 0.6) is 0 Å². The number of allylic oxidation sites excluding steroid dienone is 2. The Kier molecular flexibility index (Phi) is 3.90. The molecule has 0 fully saturated rings. The van der Waals surface area contributed by atoms with Crippen LogP contribution in [0.4, 0.5) is 5.69 Å². The molecule has 2 rings (SSSR count). The molecule has 0 N–H and O–H groups in total. The lowest BCUT2D eigenvalue weighted by Gasteiger charge is -2.29. The first-order valence-corrected chi connectivity index (χ1v) is 6.84. The van der Waals surface area contributed by atoms with Gasteiger partial charge in [0.2, 0.25) is 0 Å². The van der Waals surface area contributed by atoms with Crippen LogP contribution in [0.25, 0.3) is 0 Å². The van der Waals surface area contributed by atoms with E-state index in [9.17, 15) is 0 Å². The fraction of sp³-hybridized carbons (Fsp3) is 0.412. The molecule has 0 bridgehead atoms. The summed E-state index contributed by atoms with van der Waals surface area (Å²) in [5, 5.41) is 0. The van der Waals surface area contributed by atoms with Crippen LogP contribution in [0.15, 0.2) is 42.6 Å². The zero-order valence-corrected chi connectivity index (χ0v) is 11.9. The normalized spacial score (nSPS) is 14.9. The number of rotatable bonds is 3. The molecular weight excluding hydrogens is 218 g/mol. The van der Waals surface area contributed by atoms with Gasteiger partial charge in [-0.15, -0.1) is 0 Å². The third kappa shape index (κ3) is 2.50. The van der Waals surface area contributed by atoms with E-state index in [0.717, 1.165) is 6.54 Å². The lowest BCUT2D eigenvalue weighted by molar-refractivity contribution is 0.821. The molecule has 1 aromatic rings. The van der Waals surface area contributed by atoms with E-state index in [1.807, 2.05) is 0 Å². The van der Waals surface area contributed by atoms with E-state index in [1.54, 1.807) is 0 Å². The third-order valence-electron chi connectivity index (χ3n) is 3.44. The fourth-order valence-corrected chi connectivity index (χ4v) is 2.48. The van der Waals surface area contributed by atoms with Crippen LogP contribution in [-0.2, 0) is 0 Å². The molecule has 96 valence electrons. The number of anilines is 1. The fourth-order valence-electron chi connectivity index (χ4n) is 2.48. The van der Waals surface area contributed by atoms with Gasteiger partial charge in [-0.2, -0.15) is 0 Å². The van der Waals surface area contributed by atoms with Crippen molar-refractivity contribution in [3.8, 4) is 0 Å². The van der Waals surface area contributed by atoms with Gasteiger partial charge < -0.3 is 4.90 Å². The molecule has 0 spiro atoms. The smallest absolute Gasteiger partial charge is 0.0479 e. The average Bonchev–Trinajstić information content (AvgIpc) is 2.38. The van der Waals surface area contributed by atoms with Gasteiger partial charge in [-0.1, -0.05) is 58.0 Å². The van der Waals surface area contributed by atoms with Crippen molar-refractivity contribution in [3.05, 3.63) is 53.8 Å². The summed E-state index contributed by atoms with van der Waals surface area (Å²) in [7, 11) is 0. The van der Waals surface area contributed by atoms with Gasteiger partial charge in [0.25, 0.3) is 0 Å². The van der Waals surface area contributed by atoms with Crippen LogP contribution >= 0.6 is 0 Å². The number of benzene rings is 1. The van der Waals surface area contributed by atoms with Gasteiger partial charge in [0, 0.05) is 18.4 Å². The molecule has 0 radical (unpaired) electrons. The van der Waals surface area contributed by atoms with Crippen LogP contribution in [0, 0.1) is 0 Å². The van der Waals surface area contributed by atoms with E-state index in [2.05, 4.69) is 75.2 Å². The number of para-hydroxylation sites is 1. The molecule has 0 atom stereocenters. The minimum Gasteiger partial charge on any atom is -0.344 e. The SMILES string of the molecule is CC(C)c1cccc(C(C)C)c1N1C=CC=CC1. The highest BCUT2D eigenvalue weighted by Crippen LogP contribution is 2.35. The molecule has 1 heteroatoms. The van der Waals surface area contributed by atoms with Crippen LogP contribution in [-0.4, -0.2) is 6.54 Å². The van der Waals surface area contributed by atoms with Gasteiger partial charge in [-0.05, 0) is 29.0 Å². The largest absolute Gasteiger partial charge is 0.344 e. The first kappa shape index (κ1) is 12.9. The predicted molar refractivity (Wildman–Crippen MR) is 80.2 cm³/mol. The van der Waals surface area contributed by atoms with E-state index in [4.69, 9.17) is 0 Å². The Morgan fingerprint density at radius 2 is 1.56 bits per heavy atom. The summed E-state index contributed by atoms with van der Waals surface area (Å²) in [5.74, 6) is 1.11. The highest BCUT2D eigenvalue weighted by atomic mass is 15.1. The maximum Gasteiger partial charge on any atom is 0.0479 e.